The zero-order valence-corrected chi connectivity index (χ0v) is 18.0. The van der Waals surface area contributed by atoms with Gasteiger partial charge in [-0.3, -0.25) is 4.79 Å². The van der Waals surface area contributed by atoms with E-state index in [1.165, 1.54) is 24.5 Å². The number of rotatable bonds is 6. The number of hydrogen-bond donors (Lipinski definition) is 0. The average Bonchev–Trinajstić information content (AvgIpc) is 2.78. The summed E-state index contributed by atoms with van der Waals surface area (Å²) in [5.74, 6) is 0.952. The van der Waals surface area contributed by atoms with E-state index in [2.05, 4.69) is 15.9 Å². The first-order valence-corrected chi connectivity index (χ1v) is 10.3. The maximum Gasteiger partial charge on any atom is 0.343 e. The first-order valence-electron chi connectivity index (χ1n) is 9.48. The molecule has 1 aromatic heterocycles. The predicted octanol–water partition coefficient (Wildman–Crippen LogP) is 5.97. The lowest BCUT2D eigenvalue weighted by atomic mass is 10.2. The molecule has 4 rings (SSSR count). The molecule has 6 nitrogen and oxygen atoms in total. The van der Waals surface area contributed by atoms with Gasteiger partial charge in [0.05, 0.1) is 22.0 Å². The van der Waals surface area contributed by atoms with Crippen LogP contribution < -0.4 is 19.6 Å². The third kappa shape index (κ3) is 4.62. The van der Waals surface area contributed by atoms with Gasteiger partial charge in [0.2, 0.25) is 11.2 Å². The Kier molecular flexibility index (Phi) is 6.04. The number of para-hydroxylation sites is 1. The van der Waals surface area contributed by atoms with E-state index in [0.29, 0.717) is 33.5 Å². The molecule has 0 aliphatic carbocycles. The molecule has 0 N–H and O–H groups in total. The molecule has 0 saturated heterocycles. The van der Waals surface area contributed by atoms with Gasteiger partial charge in [0.15, 0.2) is 0 Å². The molecule has 4 aromatic rings. The number of ether oxygens (including phenoxy) is 3. The Hall–Kier alpha value is -3.58. The predicted molar refractivity (Wildman–Crippen MR) is 119 cm³/mol. The Bertz CT molecular complexity index is 1290. The molecule has 7 heteroatoms. The molecule has 0 amide bonds. The Morgan fingerprint density at radius 1 is 0.968 bits per heavy atom. The number of carbonyl (C=O) groups excluding carboxylic acids is 1. The van der Waals surface area contributed by atoms with E-state index in [1.54, 1.807) is 36.4 Å². The van der Waals surface area contributed by atoms with Crippen LogP contribution in [-0.2, 0) is 0 Å². The summed E-state index contributed by atoms with van der Waals surface area (Å²) in [6.07, 6.45) is 1.24. The van der Waals surface area contributed by atoms with Gasteiger partial charge in [0.25, 0.3) is 0 Å². The monoisotopic (exact) mass is 480 g/mol. The van der Waals surface area contributed by atoms with Crippen LogP contribution in [0.1, 0.15) is 17.3 Å². The molecule has 0 spiro atoms. The minimum absolute atomic E-state index is 0.0542. The van der Waals surface area contributed by atoms with E-state index in [4.69, 9.17) is 18.6 Å². The molecule has 0 bridgehead atoms. The quantitative estimate of drug-likeness (QED) is 0.250. The molecule has 3 aromatic carbocycles. The van der Waals surface area contributed by atoms with Crippen molar-refractivity contribution in [1.29, 1.82) is 0 Å². The lowest BCUT2D eigenvalue weighted by molar-refractivity contribution is 0.0735. The van der Waals surface area contributed by atoms with E-state index in [0.717, 1.165) is 0 Å². The summed E-state index contributed by atoms with van der Waals surface area (Å²) in [6, 6.07) is 18.4. The van der Waals surface area contributed by atoms with Gasteiger partial charge in [0, 0.05) is 6.07 Å². The zero-order valence-electron chi connectivity index (χ0n) is 16.5. The summed E-state index contributed by atoms with van der Waals surface area (Å²) in [6.45, 7) is 2.43. The maximum atomic E-state index is 12.8. The largest absolute Gasteiger partial charge is 0.494 e. The van der Waals surface area contributed by atoms with Gasteiger partial charge in [-0.2, -0.15) is 0 Å². The van der Waals surface area contributed by atoms with Gasteiger partial charge in [-0.25, -0.2) is 4.79 Å². The fourth-order valence-electron chi connectivity index (χ4n) is 2.89. The molecule has 31 heavy (non-hydrogen) atoms. The maximum absolute atomic E-state index is 12.8. The van der Waals surface area contributed by atoms with Crippen LogP contribution in [-0.4, -0.2) is 12.6 Å². The van der Waals surface area contributed by atoms with Gasteiger partial charge in [-0.1, -0.05) is 12.1 Å². The Labute approximate surface area is 186 Å². The van der Waals surface area contributed by atoms with Crippen molar-refractivity contribution in [3.8, 4) is 23.0 Å². The van der Waals surface area contributed by atoms with Crippen molar-refractivity contribution in [3.05, 3.63) is 93.3 Å². The summed E-state index contributed by atoms with van der Waals surface area (Å²) in [4.78, 5) is 25.2. The fourth-order valence-corrected chi connectivity index (χ4v) is 3.26. The average molecular weight is 481 g/mol. The van der Waals surface area contributed by atoms with Crippen LogP contribution in [0.2, 0.25) is 0 Å². The summed E-state index contributed by atoms with van der Waals surface area (Å²) in [5.41, 5.74) is 0.324. The Morgan fingerprint density at radius 2 is 1.71 bits per heavy atom. The number of halogens is 1. The van der Waals surface area contributed by atoms with Crippen molar-refractivity contribution in [3.63, 3.8) is 0 Å². The summed E-state index contributed by atoms with van der Waals surface area (Å²) >= 11 is 3.38. The van der Waals surface area contributed by atoms with Crippen molar-refractivity contribution in [1.82, 2.24) is 0 Å². The van der Waals surface area contributed by atoms with Crippen molar-refractivity contribution in [2.45, 2.75) is 6.92 Å². The molecule has 1 heterocycles. The summed E-state index contributed by atoms with van der Waals surface area (Å²) in [7, 11) is 0. The highest BCUT2D eigenvalue weighted by atomic mass is 79.9. The highest BCUT2D eigenvalue weighted by molar-refractivity contribution is 9.10. The number of esters is 1. The van der Waals surface area contributed by atoms with Crippen LogP contribution in [0.5, 0.6) is 23.0 Å². The van der Waals surface area contributed by atoms with Crippen molar-refractivity contribution >= 4 is 32.9 Å². The molecule has 0 radical (unpaired) electrons. The lowest BCUT2D eigenvalue weighted by Crippen LogP contribution is -2.09. The molecule has 0 saturated carbocycles. The summed E-state index contributed by atoms with van der Waals surface area (Å²) in [5, 5.41) is 0.311. The molecule has 156 valence electrons. The second kappa shape index (κ2) is 9.06. The van der Waals surface area contributed by atoms with Crippen molar-refractivity contribution in [2.75, 3.05) is 6.61 Å². The van der Waals surface area contributed by atoms with Crippen LogP contribution in [0.4, 0.5) is 0 Å². The topological polar surface area (TPSA) is 75.0 Å². The van der Waals surface area contributed by atoms with Crippen LogP contribution in [0.3, 0.4) is 0 Å². The first-order chi connectivity index (χ1) is 15.0. The zero-order chi connectivity index (χ0) is 21.8. The first kappa shape index (κ1) is 20.7. The molecular weight excluding hydrogens is 464 g/mol. The Morgan fingerprint density at radius 3 is 2.45 bits per heavy atom. The van der Waals surface area contributed by atoms with E-state index < -0.39 is 5.97 Å². The minimum Gasteiger partial charge on any atom is -0.494 e. The van der Waals surface area contributed by atoms with Crippen LogP contribution in [0, 0.1) is 0 Å². The second-order valence-electron chi connectivity index (χ2n) is 6.47. The van der Waals surface area contributed by atoms with E-state index >= 15 is 0 Å². The molecular formula is C24H17BrO6. The SMILES string of the molecule is CCOc1ccc(C(=O)Oc2ccc3c(=O)c(Oc4ccccc4Br)coc3c2)cc1. The number of fused-ring (bicyclic) bond motifs is 1. The van der Waals surface area contributed by atoms with E-state index in [-0.39, 0.29) is 22.5 Å². The van der Waals surface area contributed by atoms with Crippen molar-refractivity contribution < 1.29 is 23.4 Å². The lowest BCUT2D eigenvalue weighted by Gasteiger charge is -2.08. The number of hydrogen-bond acceptors (Lipinski definition) is 6. The second-order valence-corrected chi connectivity index (χ2v) is 7.32. The normalized spacial score (nSPS) is 10.6. The molecule has 0 fully saturated rings. The van der Waals surface area contributed by atoms with Crippen LogP contribution in [0.25, 0.3) is 11.0 Å². The third-order valence-corrected chi connectivity index (χ3v) is 5.04. The fraction of sp³-hybridized carbons (Fsp3) is 0.0833. The number of benzene rings is 3. The molecule has 0 aliphatic heterocycles. The van der Waals surface area contributed by atoms with E-state index in [1.807, 2.05) is 19.1 Å². The van der Waals surface area contributed by atoms with E-state index in [9.17, 15) is 9.59 Å². The smallest absolute Gasteiger partial charge is 0.343 e. The van der Waals surface area contributed by atoms with Crippen LogP contribution in [0.15, 0.2) is 86.7 Å². The Balaban J connectivity index is 1.55. The van der Waals surface area contributed by atoms with Gasteiger partial charge >= 0.3 is 5.97 Å². The third-order valence-electron chi connectivity index (χ3n) is 4.38. The van der Waals surface area contributed by atoms with Crippen LogP contribution >= 0.6 is 15.9 Å². The van der Waals surface area contributed by atoms with Gasteiger partial charge in [-0.15, -0.1) is 0 Å². The highest BCUT2D eigenvalue weighted by Gasteiger charge is 2.14. The molecule has 0 atom stereocenters. The van der Waals surface area contributed by atoms with Gasteiger partial charge in [-0.05, 0) is 71.4 Å². The summed E-state index contributed by atoms with van der Waals surface area (Å²) < 4.78 is 22.7. The standard InChI is InChI=1S/C24H17BrO6/c1-2-28-16-9-7-15(8-10-16)24(27)30-17-11-12-18-21(13-17)29-14-22(23(18)26)31-20-6-4-3-5-19(20)25/h3-14H,2H2,1H3. The molecule has 0 unspecified atom stereocenters. The van der Waals surface area contributed by atoms with Crippen molar-refractivity contribution in [2.24, 2.45) is 0 Å². The minimum atomic E-state index is -0.529. The highest BCUT2D eigenvalue weighted by Crippen LogP contribution is 2.29. The molecule has 0 aliphatic rings. The number of carbonyl (C=O) groups is 1. The van der Waals surface area contributed by atoms with Gasteiger partial charge in [0.1, 0.15) is 29.1 Å². The van der Waals surface area contributed by atoms with Gasteiger partial charge < -0.3 is 18.6 Å².